The molecule has 0 unspecified atom stereocenters. The van der Waals surface area contributed by atoms with Crippen LogP contribution in [0.4, 0.5) is 5.82 Å². The summed E-state index contributed by atoms with van der Waals surface area (Å²) >= 11 is 1.70. The topological polar surface area (TPSA) is 41.0 Å². The lowest BCUT2D eigenvalue weighted by molar-refractivity contribution is 0.588. The van der Waals surface area contributed by atoms with E-state index < -0.39 is 0 Å². The summed E-state index contributed by atoms with van der Waals surface area (Å²) in [6.07, 6.45) is 0. The number of nitrogens with zero attached hydrogens (tertiary/aromatic N) is 3. The van der Waals surface area contributed by atoms with E-state index in [1.807, 2.05) is 12.4 Å². The van der Waals surface area contributed by atoms with E-state index in [9.17, 15) is 0 Å². The fourth-order valence-corrected chi connectivity index (χ4v) is 2.94. The number of thiazole rings is 1. The second-order valence-electron chi connectivity index (χ2n) is 5.73. The number of pyridine rings is 1. The molecule has 2 aromatic heterocycles. The molecule has 0 spiro atoms. The van der Waals surface area contributed by atoms with Crippen molar-refractivity contribution in [1.82, 2.24) is 15.3 Å². The quantitative estimate of drug-likeness (QED) is 0.889. The van der Waals surface area contributed by atoms with Crippen molar-refractivity contribution in [2.75, 3.05) is 11.9 Å². The molecule has 0 amide bonds. The molecule has 2 rings (SSSR count). The summed E-state index contributed by atoms with van der Waals surface area (Å²) in [5, 5.41) is 3.46. The highest BCUT2D eigenvalue weighted by Gasteiger charge is 2.09. The van der Waals surface area contributed by atoms with Crippen LogP contribution in [0.3, 0.4) is 0 Å². The first kappa shape index (κ1) is 15.9. The summed E-state index contributed by atoms with van der Waals surface area (Å²) in [5.41, 5.74) is 5.35. The summed E-state index contributed by atoms with van der Waals surface area (Å²) in [6, 6.07) is 4.79. The minimum atomic E-state index is 0.486. The number of rotatable bonds is 6. The molecule has 0 radical (unpaired) electrons. The maximum absolute atomic E-state index is 4.65. The van der Waals surface area contributed by atoms with Crippen molar-refractivity contribution in [2.24, 2.45) is 0 Å². The third kappa shape index (κ3) is 4.51. The summed E-state index contributed by atoms with van der Waals surface area (Å²) in [6.45, 7) is 10.2. The second kappa shape index (κ2) is 7.00. The summed E-state index contributed by atoms with van der Waals surface area (Å²) in [7, 11) is 2.08. The molecule has 1 N–H and O–H groups in total. The van der Waals surface area contributed by atoms with Gasteiger partial charge in [-0.2, -0.15) is 0 Å². The Morgan fingerprint density at radius 2 is 2.05 bits per heavy atom. The Kier molecular flexibility index (Phi) is 5.31. The minimum absolute atomic E-state index is 0.486. The molecule has 21 heavy (non-hydrogen) atoms. The van der Waals surface area contributed by atoms with Crippen molar-refractivity contribution < 1.29 is 0 Å². The molecule has 114 valence electrons. The van der Waals surface area contributed by atoms with Crippen molar-refractivity contribution >= 4 is 17.2 Å². The number of anilines is 1. The molecule has 0 saturated carbocycles. The van der Waals surface area contributed by atoms with Gasteiger partial charge in [0.15, 0.2) is 0 Å². The van der Waals surface area contributed by atoms with Crippen LogP contribution in [0.25, 0.3) is 0 Å². The Morgan fingerprint density at radius 3 is 2.67 bits per heavy atom. The van der Waals surface area contributed by atoms with Gasteiger partial charge in [0, 0.05) is 30.2 Å². The molecule has 0 aromatic carbocycles. The number of aromatic nitrogens is 2. The van der Waals surface area contributed by atoms with Gasteiger partial charge in [-0.25, -0.2) is 9.97 Å². The fraction of sp³-hybridized carbons (Fsp3) is 0.500. The number of aryl methyl sites for hydroxylation is 2. The maximum atomic E-state index is 4.65. The van der Waals surface area contributed by atoms with E-state index in [1.165, 1.54) is 10.4 Å². The van der Waals surface area contributed by atoms with Crippen LogP contribution in [-0.4, -0.2) is 23.1 Å². The van der Waals surface area contributed by atoms with Gasteiger partial charge in [0.05, 0.1) is 17.7 Å². The first-order valence-corrected chi connectivity index (χ1v) is 8.14. The SMILES string of the molecule is Cc1cc(CNC(C)C)cc(N(C)Cc2scnc2C)n1. The molecular formula is C16H24N4S. The van der Waals surface area contributed by atoms with Crippen molar-refractivity contribution in [3.05, 3.63) is 39.5 Å². The molecule has 0 saturated heterocycles. The van der Waals surface area contributed by atoms with Crippen molar-refractivity contribution in [3.8, 4) is 0 Å². The zero-order valence-electron chi connectivity index (χ0n) is 13.5. The van der Waals surface area contributed by atoms with Crippen LogP contribution in [-0.2, 0) is 13.1 Å². The average Bonchev–Trinajstić information content (AvgIpc) is 2.81. The van der Waals surface area contributed by atoms with E-state index in [4.69, 9.17) is 0 Å². The lowest BCUT2D eigenvalue weighted by atomic mass is 10.2. The maximum Gasteiger partial charge on any atom is 0.129 e. The van der Waals surface area contributed by atoms with Gasteiger partial charge in [0.25, 0.3) is 0 Å². The van der Waals surface area contributed by atoms with Crippen molar-refractivity contribution in [3.63, 3.8) is 0 Å². The molecule has 0 fully saturated rings. The average molecular weight is 304 g/mol. The van der Waals surface area contributed by atoms with Crippen LogP contribution < -0.4 is 10.2 Å². The first-order valence-electron chi connectivity index (χ1n) is 7.26. The minimum Gasteiger partial charge on any atom is -0.354 e. The molecule has 2 aromatic rings. The lowest BCUT2D eigenvalue weighted by Gasteiger charge is -2.19. The predicted octanol–water partition coefficient (Wildman–Crippen LogP) is 3.29. The van der Waals surface area contributed by atoms with Gasteiger partial charge in [-0.3, -0.25) is 0 Å². The standard InChI is InChI=1S/C16H24N4S/c1-11(2)17-8-14-6-12(3)19-16(7-14)20(5)9-15-13(4)18-10-21-15/h6-7,10-11,17H,8-9H2,1-5H3. The van der Waals surface area contributed by atoms with E-state index in [1.54, 1.807) is 11.3 Å². The Labute approximate surface area is 131 Å². The van der Waals surface area contributed by atoms with Gasteiger partial charge in [0.2, 0.25) is 0 Å². The highest BCUT2D eigenvalue weighted by molar-refractivity contribution is 7.09. The molecule has 0 atom stereocenters. The second-order valence-corrected chi connectivity index (χ2v) is 6.67. The van der Waals surface area contributed by atoms with E-state index in [0.717, 1.165) is 30.3 Å². The molecule has 0 aliphatic heterocycles. The lowest BCUT2D eigenvalue weighted by Crippen LogP contribution is -2.23. The zero-order valence-corrected chi connectivity index (χ0v) is 14.3. The third-order valence-electron chi connectivity index (χ3n) is 3.33. The Balaban J connectivity index is 2.13. The normalized spacial score (nSPS) is 11.1. The van der Waals surface area contributed by atoms with Gasteiger partial charge in [-0.05, 0) is 31.5 Å². The summed E-state index contributed by atoms with van der Waals surface area (Å²) in [5.74, 6) is 1.02. The number of nitrogens with one attached hydrogen (secondary N) is 1. The Hall–Kier alpha value is -1.46. The van der Waals surface area contributed by atoms with Crippen molar-refractivity contribution in [1.29, 1.82) is 0 Å². The largest absolute Gasteiger partial charge is 0.354 e. The first-order chi connectivity index (χ1) is 9.95. The Morgan fingerprint density at radius 1 is 1.29 bits per heavy atom. The van der Waals surface area contributed by atoms with Gasteiger partial charge in [-0.15, -0.1) is 11.3 Å². The van der Waals surface area contributed by atoms with Crippen LogP contribution in [0.5, 0.6) is 0 Å². The molecule has 5 heteroatoms. The van der Waals surface area contributed by atoms with E-state index in [0.29, 0.717) is 6.04 Å². The Bertz CT molecular complexity index is 592. The molecule has 0 aliphatic rings. The van der Waals surface area contributed by atoms with Crippen LogP contribution in [0, 0.1) is 13.8 Å². The van der Waals surface area contributed by atoms with Crippen LogP contribution in [0.1, 0.15) is 35.7 Å². The van der Waals surface area contributed by atoms with E-state index in [-0.39, 0.29) is 0 Å². The van der Waals surface area contributed by atoms with Crippen LogP contribution >= 0.6 is 11.3 Å². The third-order valence-corrected chi connectivity index (χ3v) is 4.25. The summed E-state index contributed by atoms with van der Waals surface area (Å²) < 4.78 is 0. The fourth-order valence-electron chi connectivity index (χ4n) is 2.12. The molecular weight excluding hydrogens is 280 g/mol. The van der Waals surface area contributed by atoms with Gasteiger partial charge in [0.1, 0.15) is 5.82 Å². The molecule has 0 aliphatic carbocycles. The molecule has 0 bridgehead atoms. The smallest absolute Gasteiger partial charge is 0.129 e. The number of hydrogen-bond acceptors (Lipinski definition) is 5. The van der Waals surface area contributed by atoms with Gasteiger partial charge >= 0.3 is 0 Å². The molecule has 2 heterocycles. The summed E-state index contributed by atoms with van der Waals surface area (Å²) in [4.78, 5) is 12.4. The van der Waals surface area contributed by atoms with Gasteiger partial charge in [-0.1, -0.05) is 13.8 Å². The highest BCUT2D eigenvalue weighted by Crippen LogP contribution is 2.20. The van der Waals surface area contributed by atoms with E-state index >= 15 is 0 Å². The monoisotopic (exact) mass is 304 g/mol. The van der Waals surface area contributed by atoms with Crippen LogP contribution in [0.15, 0.2) is 17.6 Å². The van der Waals surface area contributed by atoms with Gasteiger partial charge < -0.3 is 10.2 Å². The zero-order chi connectivity index (χ0) is 15.4. The van der Waals surface area contributed by atoms with E-state index in [2.05, 4.69) is 60.1 Å². The van der Waals surface area contributed by atoms with Crippen molar-refractivity contribution in [2.45, 2.75) is 46.8 Å². The van der Waals surface area contributed by atoms with Crippen LogP contribution in [0.2, 0.25) is 0 Å². The number of hydrogen-bond donors (Lipinski definition) is 1. The predicted molar refractivity (Wildman–Crippen MR) is 89.9 cm³/mol. The molecule has 4 nitrogen and oxygen atoms in total. The highest BCUT2D eigenvalue weighted by atomic mass is 32.1.